The van der Waals surface area contributed by atoms with E-state index >= 15 is 0 Å². The van der Waals surface area contributed by atoms with E-state index in [0.717, 1.165) is 37.1 Å². The summed E-state index contributed by atoms with van der Waals surface area (Å²) in [5, 5.41) is 2.94. The fourth-order valence-electron chi connectivity index (χ4n) is 3.35. The lowest BCUT2D eigenvalue weighted by atomic mass is 10.1. The largest absolute Gasteiger partial charge is 0.376 e. The van der Waals surface area contributed by atoms with Gasteiger partial charge in [-0.1, -0.05) is 25.1 Å². The summed E-state index contributed by atoms with van der Waals surface area (Å²) in [5.41, 5.74) is 2.08. The predicted molar refractivity (Wildman–Crippen MR) is 88.3 cm³/mol. The third-order valence-electron chi connectivity index (χ3n) is 4.69. The predicted octanol–water partition coefficient (Wildman–Crippen LogP) is 1.90. The molecule has 23 heavy (non-hydrogen) atoms. The molecule has 3 rings (SSSR count). The van der Waals surface area contributed by atoms with Crippen LogP contribution >= 0.6 is 0 Å². The number of nitrogens with one attached hydrogen (secondary N) is 1. The van der Waals surface area contributed by atoms with E-state index < -0.39 is 0 Å². The normalized spacial score (nSPS) is 24.2. The van der Waals surface area contributed by atoms with Crippen molar-refractivity contribution in [2.24, 2.45) is 5.92 Å². The molecule has 0 aromatic heterocycles. The van der Waals surface area contributed by atoms with Gasteiger partial charge in [-0.15, -0.1) is 0 Å². The van der Waals surface area contributed by atoms with Crippen molar-refractivity contribution in [2.75, 3.05) is 24.6 Å². The number of ether oxygens (including phenoxy) is 1. The first-order valence-corrected chi connectivity index (χ1v) is 8.46. The van der Waals surface area contributed by atoms with Gasteiger partial charge in [0, 0.05) is 31.8 Å². The number of hydrogen-bond donors (Lipinski definition) is 1. The molecule has 2 unspecified atom stereocenters. The average molecular weight is 316 g/mol. The van der Waals surface area contributed by atoms with E-state index in [4.69, 9.17) is 4.74 Å². The van der Waals surface area contributed by atoms with Crippen LogP contribution in [0.5, 0.6) is 0 Å². The molecule has 0 bridgehead atoms. The van der Waals surface area contributed by atoms with Crippen molar-refractivity contribution in [3.8, 4) is 0 Å². The maximum atomic E-state index is 12.3. The molecular formula is C18H24N2O3. The number of carbonyl (C=O) groups is 2. The van der Waals surface area contributed by atoms with Gasteiger partial charge in [-0.3, -0.25) is 9.59 Å². The highest BCUT2D eigenvalue weighted by atomic mass is 16.5. The Bertz CT molecular complexity index is 581. The molecule has 0 radical (unpaired) electrons. The van der Waals surface area contributed by atoms with Crippen molar-refractivity contribution >= 4 is 17.5 Å². The first-order valence-electron chi connectivity index (χ1n) is 8.46. The lowest BCUT2D eigenvalue weighted by Crippen LogP contribution is -2.37. The number of hydrogen-bond acceptors (Lipinski definition) is 3. The van der Waals surface area contributed by atoms with Gasteiger partial charge >= 0.3 is 0 Å². The van der Waals surface area contributed by atoms with Gasteiger partial charge in [-0.25, -0.2) is 0 Å². The van der Waals surface area contributed by atoms with Crippen molar-refractivity contribution in [3.63, 3.8) is 0 Å². The molecule has 0 saturated carbocycles. The topological polar surface area (TPSA) is 58.6 Å². The van der Waals surface area contributed by atoms with Gasteiger partial charge in [-0.2, -0.15) is 0 Å². The van der Waals surface area contributed by atoms with Crippen LogP contribution in [0.15, 0.2) is 24.3 Å². The van der Waals surface area contributed by atoms with Gasteiger partial charge in [-0.05, 0) is 30.9 Å². The summed E-state index contributed by atoms with van der Waals surface area (Å²) in [6.07, 6.45) is 3.35. The van der Waals surface area contributed by atoms with Crippen LogP contribution in [0.2, 0.25) is 0 Å². The fourth-order valence-corrected chi connectivity index (χ4v) is 3.35. The number of nitrogens with zero attached hydrogens (tertiary/aromatic N) is 1. The Kier molecular flexibility index (Phi) is 4.96. The molecule has 124 valence electrons. The van der Waals surface area contributed by atoms with E-state index in [1.807, 2.05) is 24.3 Å². The summed E-state index contributed by atoms with van der Waals surface area (Å²) < 4.78 is 5.52. The second-order valence-electron chi connectivity index (χ2n) is 6.27. The second-order valence-corrected chi connectivity index (χ2v) is 6.27. The summed E-state index contributed by atoms with van der Waals surface area (Å²) in [5.74, 6) is -0.276. The summed E-state index contributed by atoms with van der Waals surface area (Å²) in [6, 6.07) is 7.91. The molecular weight excluding hydrogens is 292 g/mol. The van der Waals surface area contributed by atoms with E-state index in [0.29, 0.717) is 13.1 Å². The maximum absolute atomic E-state index is 12.3. The number of anilines is 1. The van der Waals surface area contributed by atoms with Crippen molar-refractivity contribution in [1.29, 1.82) is 0 Å². The van der Waals surface area contributed by atoms with Crippen molar-refractivity contribution in [3.05, 3.63) is 29.8 Å². The Labute approximate surface area is 137 Å². The molecule has 5 nitrogen and oxygen atoms in total. The monoisotopic (exact) mass is 316 g/mol. The van der Waals surface area contributed by atoms with Gasteiger partial charge in [0.2, 0.25) is 11.8 Å². The Hall–Kier alpha value is -1.88. The SMILES string of the molecule is CCc1ccccc1N1CC(C(=O)NCC2CCCO2)CC1=O. The zero-order valence-corrected chi connectivity index (χ0v) is 13.6. The van der Waals surface area contributed by atoms with E-state index in [2.05, 4.69) is 12.2 Å². The van der Waals surface area contributed by atoms with Crippen molar-refractivity contribution in [2.45, 2.75) is 38.7 Å². The van der Waals surface area contributed by atoms with E-state index in [9.17, 15) is 9.59 Å². The zero-order chi connectivity index (χ0) is 16.2. The summed E-state index contributed by atoms with van der Waals surface area (Å²) >= 11 is 0. The lowest BCUT2D eigenvalue weighted by Gasteiger charge is -2.20. The highest BCUT2D eigenvalue weighted by Crippen LogP contribution is 2.28. The van der Waals surface area contributed by atoms with Crippen LogP contribution < -0.4 is 10.2 Å². The molecule has 1 N–H and O–H groups in total. The lowest BCUT2D eigenvalue weighted by molar-refractivity contribution is -0.126. The van der Waals surface area contributed by atoms with Crippen molar-refractivity contribution < 1.29 is 14.3 Å². The van der Waals surface area contributed by atoms with Gasteiger partial charge in [0.05, 0.1) is 12.0 Å². The van der Waals surface area contributed by atoms with Gasteiger partial charge < -0.3 is 15.0 Å². The molecule has 2 saturated heterocycles. The van der Waals surface area contributed by atoms with Crippen LogP contribution in [0, 0.1) is 5.92 Å². The first kappa shape index (κ1) is 16.0. The van der Waals surface area contributed by atoms with Crippen LogP contribution in [-0.2, 0) is 20.7 Å². The molecule has 2 heterocycles. The second kappa shape index (κ2) is 7.13. The Balaban J connectivity index is 1.61. The third-order valence-corrected chi connectivity index (χ3v) is 4.69. The summed E-state index contributed by atoms with van der Waals surface area (Å²) in [4.78, 5) is 26.4. The molecule has 2 aliphatic rings. The Morgan fingerprint density at radius 3 is 2.96 bits per heavy atom. The number of carbonyl (C=O) groups excluding carboxylic acids is 2. The molecule has 0 spiro atoms. The minimum absolute atomic E-state index is 0.0307. The van der Waals surface area contributed by atoms with Crippen LogP contribution in [0.1, 0.15) is 31.7 Å². The van der Waals surface area contributed by atoms with Crippen LogP contribution in [0.4, 0.5) is 5.69 Å². The van der Waals surface area contributed by atoms with Gasteiger partial charge in [0.1, 0.15) is 0 Å². The van der Waals surface area contributed by atoms with Crippen LogP contribution in [0.25, 0.3) is 0 Å². The minimum atomic E-state index is -0.270. The minimum Gasteiger partial charge on any atom is -0.376 e. The van der Waals surface area contributed by atoms with E-state index in [1.165, 1.54) is 0 Å². The summed E-state index contributed by atoms with van der Waals surface area (Å²) in [6.45, 7) is 3.87. The summed E-state index contributed by atoms with van der Waals surface area (Å²) in [7, 11) is 0. The number of benzene rings is 1. The molecule has 0 aliphatic carbocycles. The maximum Gasteiger partial charge on any atom is 0.227 e. The van der Waals surface area contributed by atoms with Crippen LogP contribution in [0.3, 0.4) is 0 Å². The average Bonchev–Trinajstić information content (AvgIpc) is 3.22. The Morgan fingerprint density at radius 2 is 2.22 bits per heavy atom. The highest BCUT2D eigenvalue weighted by Gasteiger charge is 2.35. The van der Waals surface area contributed by atoms with E-state index in [1.54, 1.807) is 4.90 Å². The molecule has 1 aromatic carbocycles. The third kappa shape index (κ3) is 3.55. The number of amides is 2. The molecule has 1 aromatic rings. The van der Waals surface area contributed by atoms with Gasteiger partial charge in [0.15, 0.2) is 0 Å². The number of aryl methyl sites for hydroxylation is 1. The quantitative estimate of drug-likeness (QED) is 0.902. The molecule has 2 atom stereocenters. The zero-order valence-electron chi connectivity index (χ0n) is 13.6. The fraction of sp³-hybridized carbons (Fsp3) is 0.556. The number of para-hydroxylation sites is 1. The van der Waals surface area contributed by atoms with Gasteiger partial charge in [0.25, 0.3) is 0 Å². The molecule has 2 fully saturated rings. The smallest absolute Gasteiger partial charge is 0.227 e. The first-order chi connectivity index (χ1) is 11.2. The molecule has 2 aliphatic heterocycles. The van der Waals surface area contributed by atoms with E-state index in [-0.39, 0.29) is 30.3 Å². The highest BCUT2D eigenvalue weighted by molar-refractivity contribution is 6.00. The van der Waals surface area contributed by atoms with Crippen molar-refractivity contribution in [1.82, 2.24) is 5.32 Å². The molecule has 2 amide bonds. The standard InChI is InChI=1S/C18H24N2O3/c1-2-13-6-3-4-8-16(13)20-12-14(10-17(20)21)18(22)19-11-15-7-5-9-23-15/h3-4,6,8,14-15H,2,5,7,9-12H2,1H3,(H,19,22). The number of rotatable bonds is 5. The van der Waals surface area contributed by atoms with Crippen LogP contribution in [-0.4, -0.2) is 37.6 Å². The molecule has 5 heteroatoms. The Morgan fingerprint density at radius 1 is 1.39 bits per heavy atom.